The number of hydrogen-bond acceptors (Lipinski definition) is 5. The molecule has 3 saturated heterocycles. The number of aromatic nitrogens is 1. The molecule has 2 N–H and O–H groups in total. The average molecular weight is 344 g/mol. The van der Waals surface area contributed by atoms with Crippen molar-refractivity contribution >= 4 is 17.7 Å². The fourth-order valence-corrected chi connectivity index (χ4v) is 4.04. The zero-order chi connectivity index (χ0) is 17.6. The van der Waals surface area contributed by atoms with Crippen molar-refractivity contribution < 1.29 is 19.5 Å². The van der Waals surface area contributed by atoms with Gasteiger partial charge in [-0.15, -0.1) is 0 Å². The molecule has 1 aromatic heterocycles. The predicted octanol–water partition coefficient (Wildman–Crippen LogP) is -0.854. The average Bonchev–Trinajstić information content (AvgIpc) is 3.02. The van der Waals surface area contributed by atoms with Crippen LogP contribution in [0.15, 0.2) is 24.5 Å². The van der Waals surface area contributed by atoms with Crippen molar-refractivity contribution in [3.8, 4) is 0 Å². The first-order valence-corrected chi connectivity index (χ1v) is 8.54. The molecule has 3 aliphatic rings. The molecule has 1 aromatic rings. The molecule has 3 fully saturated rings. The molecule has 0 aliphatic carbocycles. The highest BCUT2D eigenvalue weighted by Crippen LogP contribution is 2.31. The third kappa shape index (κ3) is 2.76. The molecule has 4 heterocycles. The SMILES string of the molecule is O=C(N[C@H]1CCN2C(=O)[C@@H]3C[C@@H](O)CN3C(=O)[C@@H]2C1)c1ccncc1. The Kier molecular flexibility index (Phi) is 3.91. The monoisotopic (exact) mass is 344 g/mol. The van der Waals surface area contributed by atoms with Crippen LogP contribution in [-0.2, 0) is 9.59 Å². The Balaban J connectivity index is 1.46. The summed E-state index contributed by atoms with van der Waals surface area (Å²) >= 11 is 0. The molecule has 3 aliphatic heterocycles. The topological polar surface area (TPSA) is 103 Å². The van der Waals surface area contributed by atoms with Gasteiger partial charge < -0.3 is 20.2 Å². The van der Waals surface area contributed by atoms with Crippen molar-refractivity contribution in [3.63, 3.8) is 0 Å². The van der Waals surface area contributed by atoms with Crippen LogP contribution in [-0.4, -0.2) is 74.9 Å². The van der Waals surface area contributed by atoms with E-state index in [9.17, 15) is 19.5 Å². The van der Waals surface area contributed by atoms with Crippen LogP contribution in [0.1, 0.15) is 29.6 Å². The Morgan fingerprint density at radius 1 is 1.12 bits per heavy atom. The second-order valence-corrected chi connectivity index (χ2v) is 6.87. The summed E-state index contributed by atoms with van der Waals surface area (Å²) < 4.78 is 0. The number of aliphatic hydroxyl groups excluding tert-OH is 1. The molecule has 3 amide bonds. The number of piperazine rings is 1. The fourth-order valence-electron chi connectivity index (χ4n) is 4.04. The van der Waals surface area contributed by atoms with E-state index in [0.717, 1.165) is 0 Å². The maximum Gasteiger partial charge on any atom is 0.251 e. The van der Waals surface area contributed by atoms with Gasteiger partial charge in [0, 0.05) is 43.5 Å². The first-order chi connectivity index (χ1) is 12.0. The van der Waals surface area contributed by atoms with Crippen molar-refractivity contribution in [1.29, 1.82) is 0 Å². The number of piperidine rings is 1. The highest BCUT2D eigenvalue weighted by Gasteiger charge is 2.51. The minimum Gasteiger partial charge on any atom is -0.391 e. The number of aliphatic hydroxyl groups is 1. The summed E-state index contributed by atoms with van der Waals surface area (Å²) in [7, 11) is 0. The number of fused-ring (bicyclic) bond motifs is 2. The number of rotatable bonds is 2. The lowest BCUT2D eigenvalue weighted by atomic mass is 9.92. The molecule has 0 aromatic carbocycles. The van der Waals surface area contributed by atoms with E-state index in [-0.39, 0.29) is 30.3 Å². The van der Waals surface area contributed by atoms with E-state index in [2.05, 4.69) is 10.3 Å². The maximum absolute atomic E-state index is 12.7. The predicted molar refractivity (Wildman–Crippen MR) is 86.4 cm³/mol. The van der Waals surface area contributed by atoms with Crippen LogP contribution >= 0.6 is 0 Å². The van der Waals surface area contributed by atoms with Crippen molar-refractivity contribution in [2.45, 2.75) is 43.5 Å². The number of nitrogens with one attached hydrogen (secondary N) is 1. The van der Waals surface area contributed by atoms with Crippen LogP contribution in [0.5, 0.6) is 0 Å². The van der Waals surface area contributed by atoms with E-state index >= 15 is 0 Å². The summed E-state index contributed by atoms with van der Waals surface area (Å²) in [5.41, 5.74) is 0.520. The largest absolute Gasteiger partial charge is 0.391 e. The zero-order valence-electron chi connectivity index (χ0n) is 13.7. The molecular formula is C17H20N4O4. The van der Waals surface area contributed by atoms with Crippen LogP contribution in [0.2, 0.25) is 0 Å². The Morgan fingerprint density at radius 3 is 2.56 bits per heavy atom. The van der Waals surface area contributed by atoms with E-state index in [1.165, 1.54) is 4.90 Å². The summed E-state index contributed by atoms with van der Waals surface area (Å²) in [6.07, 6.45) is 3.80. The molecule has 25 heavy (non-hydrogen) atoms. The normalized spacial score (nSPS) is 31.6. The minimum absolute atomic E-state index is 0.0833. The van der Waals surface area contributed by atoms with Crippen LogP contribution < -0.4 is 5.32 Å². The highest BCUT2D eigenvalue weighted by atomic mass is 16.3. The number of pyridine rings is 1. The molecule has 4 atom stereocenters. The number of nitrogens with zero attached hydrogens (tertiary/aromatic N) is 3. The van der Waals surface area contributed by atoms with Gasteiger partial charge in [-0.3, -0.25) is 19.4 Å². The summed E-state index contributed by atoms with van der Waals surface area (Å²) in [5, 5.41) is 12.7. The second kappa shape index (κ2) is 6.11. The lowest BCUT2D eigenvalue weighted by Crippen LogP contribution is -2.66. The van der Waals surface area contributed by atoms with Gasteiger partial charge in [0.05, 0.1) is 6.10 Å². The van der Waals surface area contributed by atoms with Gasteiger partial charge in [-0.05, 0) is 25.0 Å². The van der Waals surface area contributed by atoms with Gasteiger partial charge >= 0.3 is 0 Å². The molecule has 0 unspecified atom stereocenters. The molecule has 0 saturated carbocycles. The van der Waals surface area contributed by atoms with Crippen molar-refractivity contribution in [2.75, 3.05) is 13.1 Å². The lowest BCUT2D eigenvalue weighted by molar-refractivity contribution is -0.161. The standard InChI is InChI=1S/C17H20N4O4/c22-12-8-14-16(24)20-6-3-11(7-13(20)17(25)21(14)9-12)19-15(23)10-1-4-18-5-2-10/h1-2,4-5,11-14,22H,3,6-9H2,(H,19,23)/t11-,12+,13-,14-/m0/s1. The maximum atomic E-state index is 12.7. The van der Waals surface area contributed by atoms with Crippen LogP contribution in [0, 0.1) is 0 Å². The van der Waals surface area contributed by atoms with Gasteiger partial charge in [-0.2, -0.15) is 0 Å². The molecule has 0 spiro atoms. The number of hydrogen-bond donors (Lipinski definition) is 2. The molecule has 0 bridgehead atoms. The summed E-state index contributed by atoms with van der Waals surface area (Å²) in [4.78, 5) is 44.7. The van der Waals surface area contributed by atoms with E-state index < -0.39 is 18.2 Å². The Hall–Kier alpha value is -2.48. The minimum atomic E-state index is -0.638. The number of carbonyl (C=O) groups is 3. The van der Waals surface area contributed by atoms with Gasteiger partial charge in [0.15, 0.2) is 0 Å². The van der Waals surface area contributed by atoms with Crippen LogP contribution in [0.3, 0.4) is 0 Å². The molecule has 4 rings (SSSR count). The van der Waals surface area contributed by atoms with E-state index in [4.69, 9.17) is 0 Å². The fraction of sp³-hybridized carbons (Fsp3) is 0.529. The molecule has 8 nitrogen and oxygen atoms in total. The summed E-state index contributed by atoms with van der Waals surface area (Å²) in [6, 6.07) is 2.03. The molecule has 0 radical (unpaired) electrons. The van der Waals surface area contributed by atoms with Gasteiger partial charge in [0.25, 0.3) is 5.91 Å². The highest BCUT2D eigenvalue weighted by molar-refractivity contribution is 5.98. The second-order valence-electron chi connectivity index (χ2n) is 6.87. The van der Waals surface area contributed by atoms with E-state index in [1.54, 1.807) is 29.4 Å². The Bertz CT molecular complexity index is 710. The lowest BCUT2D eigenvalue weighted by Gasteiger charge is -2.46. The van der Waals surface area contributed by atoms with Crippen molar-refractivity contribution in [1.82, 2.24) is 20.1 Å². The smallest absolute Gasteiger partial charge is 0.251 e. The van der Waals surface area contributed by atoms with Gasteiger partial charge in [-0.1, -0.05) is 0 Å². The third-order valence-corrected chi connectivity index (χ3v) is 5.30. The summed E-state index contributed by atoms with van der Waals surface area (Å²) in [5.74, 6) is -0.408. The molecule has 132 valence electrons. The van der Waals surface area contributed by atoms with Gasteiger partial charge in [0.1, 0.15) is 12.1 Å². The first-order valence-electron chi connectivity index (χ1n) is 8.54. The van der Waals surface area contributed by atoms with Crippen LogP contribution in [0.4, 0.5) is 0 Å². The van der Waals surface area contributed by atoms with Gasteiger partial charge in [0.2, 0.25) is 11.8 Å². The first kappa shape index (κ1) is 16.0. The quantitative estimate of drug-likeness (QED) is 0.727. The van der Waals surface area contributed by atoms with Gasteiger partial charge in [-0.25, -0.2) is 0 Å². The van der Waals surface area contributed by atoms with Crippen LogP contribution in [0.25, 0.3) is 0 Å². The molecular weight excluding hydrogens is 324 g/mol. The van der Waals surface area contributed by atoms with Crippen molar-refractivity contribution in [2.24, 2.45) is 0 Å². The zero-order valence-corrected chi connectivity index (χ0v) is 13.7. The number of amides is 3. The van der Waals surface area contributed by atoms with E-state index in [1.807, 2.05) is 0 Å². The number of carbonyl (C=O) groups excluding carboxylic acids is 3. The molecule has 8 heteroatoms. The Labute approximate surface area is 144 Å². The third-order valence-electron chi connectivity index (χ3n) is 5.30. The van der Waals surface area contributed by atoms with Crippen molar-refractivity contribution in [3.05, 3.63) is 30.1 Å². The summed E-state index contributed by atoms with van der Waals surface area (Å²) in [6.45, 7) is 0.657. The Morgan fingerprint density at radius 2 is 1.80 bits per heavy atom. The van der Waals surface area contributed by atoms with E-state index in [0.29, 0.717) is 31.4 Å².